The molecule has 3 nitrogen and oxygen atoms in total. The minimum absolute atomic E-state index is 0. The SMILES string of the molecule is Br.O=S(=O)(O)c1ccccc1.[KH]. The first-order valence-corrected chi connectivity index (χ1v) is 4.07. The van der Waals surface area contributed by atoms with E-state index in [4.69, 9.17) is 4.55 Å². The molecule has 12 heavy (non-hydrogen) atoms. The van der Waals surface area contributed by atoms with Crippen LogP contribution in [0.4, 0.5) is 0 Å². The molecule has 0 fully saturated rings. The van der Waals surface area contributed by atoms with E-state index in [2.05, 4.69) is 0 Å². The maximum absolute atomic E-state index is 10.4. The molecule has 0 radical (unpaired) electrons. The monoisotopic (exact) mass is 278 g/mol. The minimum atomic E-state index is -4.00. The van der Waals surface area contributed by atoms with E-state index in [1.54, 1.807) is 18.2 Å². The molecule has 1 aromatic carbocycles. The summed E-state index contributed by atoms with van der Waals surface area (Å²) in [7, 11) is -4.00. The summed E-state index contributed by atoms with van der Waals surface area (Å²) in [6.07, 6.45) is 0. The predicted molar refractivity (Wildman–Crippen MR) is 53.7 cm³/mol. The molecule has 0 aliphatic carbocycles. The molecule has 0 aliphatic rings. The molecule has 1 aromatic rings. The second kappa shape index (κ2) is 6.66. The van der Waals surface area contributed by atoms with E-state index in [9.17, 15) is 8.42 Å². The van der Waals surface area contributed by atoms with Crippen molar-refractivity contribution in [2.75, 3.05) is 0 Å². The average molecular weight is 279 g/mol. The molecule has 64 valence electrons. The van der Waals surface area contributed by atoms with Crippen LogP contribution in [0.2, 0.25) is 0 Å². The van der Waals surface area contributed by atoms with Crippen LogP contribution < -0.4 is 0 Å². The molecule has 6 heteroatoms. The first kappa shape index (κ1) is 15.7. The zero-order valence-electron chi connectivity index (χ0n) is 5.47. The van der Waals surface area contributed by atoms with Gasteiger partial charge in [-0.3, -0.25) is 4.55 Å². The Bertz CT molecular complexity index is 311. The van der Waals surface area contributed by atoms with Gasteiger partial charge < -0.3 is 0 Å². The zero-order chi connectivity index (χ0) is 7.61. The molecule has 0 heterocycles. The Labute approximate surface area is 124 Å². The summed E-state index contributed by atoms with van der Waals surface area (Å²) >= 11 is 0. The van der Waals surface area contributed by atoms with Gasteiger partial charge in [0.25, 0.3) is 10.1 Å². The molecule has 0 saturated carbocycles. The van der Waals surface area contributed by atoms with Crippen molar-refractivity contribution >= 4 is 78.5 Å². The fourth-order valence-electron chi connectivity index (χ4n) is 0.592. The molecule has 0 saturated heterocycles. The fourth-order valence-corrected chi connectivity index (χ4v) is 1.09. The number of benzene rings is 1. The third-order valence-electron chi connectivity index (χ3n) is 1.04. The Balaban J connectivity index is 0. The Hall–Kier alpha value is 1.25. The molecule has 1 rings (SSSR count). The Morgan fingerprint density at radius 3 is 1.75 bits per heavy atom. The molecule has 0 unspecified atom stereocenters. The average Bonchev–Trinajstić information content (AvgIpc) is 1.88. The first-order chi connectivity index (χ1) is 4.61. The van der Waals surface area contributed by atoms with Crippen LogP contribution in [-0.2, 0) is 10.1 Å². The quantitative estimate of drug-likeness (QED) is 0.613. The van der Waals surface area contributed by atoms with Gasteiger partial charge in [0.2, 0.25) is 0 Å². The van der Waals surface area contributed by atoms with Crippen LogP contribution in [-0.4, -0.2) is 64.4 Å². The third-order valence-corrected chi connectivity index (χ3v) is 1.91. The summed E-state index contributed by atoms with van der Waals surface area (Å²) in [5, 5.41) is 0. The maximum atomic E-state index is 10.4. The molecular weight excluding hydrogens is 271 g/mol. The van der Waals surface area contributed by atoms with E-state index >= 15 is 0 Å². The number of hydrogen-bond acceptors (Lipinski definition) is 2. The Morgan fingerprint density at radius 2 is 1.50 bits per heavy atom. The van der Waals surface area contributed by atoms with Gasteiger partial charge in [-0.15, -0.1) is 17.0 Å². The van der Waals surface area contributed by atoms with Gasteiger partial charge in [0.1, 0.15) is 0 Å². The standard InChI is InChI=1S/C6H6O3S.BrH.K.H/c7-10(8,9)6-4-2-1-3-5-6;;;/h1-5H,(H,7,8,9);1H;;. The zero-order valence-corrected chi connectivity index (χ0v) is 8.00. The second-order valence-corrected chi connectivity index (χ2v) is 3.21. The van der Waals surface area contributed by atoms with Crippen molar-refractivity contribution in [3.8, 4) is 0 Å². The molecule has 0 bridgehead atoms. The van der Waals surface area contributed by atoms with Gasteiger partial charge in [-0.25, -0.2) is 0 Å². The van der Waals surface area contributed by atoms with Gasteiger partial charge in [-0.1, -0.05) is 18.2 Å². The van der Waals surface area contributed by atoms with Gasteiger partial charge >= 0.3 is 51.4 Å². The summed E-state index contributed by atoms with van der Waals surface area (Å²) in [5.74, 6) is 0. The Morgan fingerprint density at radius 1 is 1.08 bits per heavy atom. The van der Waals surface area contributed by atoms with Crippen molar-refractivity contribution in [1.82, 2.24) is 0 Å². The summed E-state index contributed by atoms with van der Waals surface area (Å²) in [6.45, 7) is 0. The summed E-state index contributed by atoms with van der Waals surface area (Å²) in [5.41, 5.74) is 0. The van der Waals surface area contributed by atoms with Crippen LogP contribution in [0.5, 0.6) is 0 Å². The second-order valence-electron chi connectivity index (χ2n) is 1.79. The van der Waals surface area contributed by atoms with E-state index in [1.165, 1.54) is 12.1 Å². The van der Waals surface area contributed by atoms with Crippen LogP contribution in [0.1, 0.15) is 0 Å². The fraction of sp³-hybridized carbons (Fsp3) is 0. The molecule has 0 amide bonds. The van der Waals surface area contributed by atoms with E-state index in [-0.39, 0.29) is 73.3 Å². The summed E-state index contributed by atoms with van der Waals surface area (Å²) < 4.78 is 29.2. The number of hydrogen-bond donors (Lipinski definition) is 1. The van der Waals surface area contributed by atoms with E-state index in [1.807, 2.05) is 0 Å². The van der Waals surface area contributed by atoms with Crippen LogP contribution in [0.25, 0.3) is 0 Å². The number of rotatable bonds is 1. The van der Waals surface area contributed by atoms with Gasteiger partial charge in [0, 0.05) is 0 Å². The van der Waals surface area contributed by atoms with Crippen molar-refractivity contribution in [3.63, 3.8) is 0 Å². The van der Waals surface area contributed by atoms with Crippen LogP contribution in [0, 0.1) is 0 Å². The van der Waals surface area contributed by atoms with E-state index in [0.717, 1.165) is 0 Å². The molecule has 1 N–H and O–H groups in total. The van der Waals surface area contributed by atoms with Crippen molar-refractivity contribution < 1.29 is 13.0 Å². The van der Waals surface area contributed by atoms with E-state index in [0.29, 0.717) is 0 Å². The van der Waals surface area contributed by atoms with Gasteiger partial charge in [-0.2, -0.15) is 8.42 Å². The van der Waals surface area contributed by atoms with Crippen LogP contribution in [0.15, 0.2) is 35.2 Å². The summed E-state index contributed by atoms with van der Waals surface area (Å²) in [6, 6.07) is 7.42. The molecular formula is C6H8BrKO3S. The summed E-state index contributed by atoms with van der Waals surface area (Å²) in [4.78, 5) is -0.0741. The normalized spacial score (nSPS) is 9.42. The number of halogens is 1. The van der Waals surface area contributed by atoms with Crippen molar-refractivity contribution in [3.05, 3.63) is 30.3 Å². The Kier molecular flexibility index (Phi) is 8.72. The van der Waals surface area contributed by atoms with Gasteiger partial charge in [-0.05, 0) is 12.1 Å². The molecule has 0 spiro atoms. The van der Waals surface area contributed by atoms with Crippen molar-refractivity contribution in [1.29, 1.82) is 0 Å². The van der Waals surface area contributed by atoms with Gasteiger partial charge in [0.05, 0.1) is 4.90 Å². The molecule has 0 atom stereocenters. The van der Waals surface area contributed by atoms with Gasteiger partial charge in [0.15, 0.2) is 0 Å². The predicted octanol–water partition coefficient (Wildman–Crippen LogP) is 0.863. The molecule has 0 aromatic heterocycles. The molecule has 0 aliphatic heterocycles. The van der Waals surface area contributed by atoms with Crippen molar-refractivity contribution in [2.45, 2.75) is 4.90 Å². The van der Waals surface area contributed by atoms with Crippen LogP contribution in [0.3, 0.4) is 0 Å². The van der Waals surface area contributed by atoms with E-state index < -0.39 is 10.1 Å². The van der Waals surface area contributed by atoms with Crippen LogP contribution >= 0.6 is 17.0 Å². The third kappa shape index (κ3) is 5.08. The topological polar surface area (TPSA) is 54.4 Å². The first-order valence-electron chi connectivity index (χ1n) is 2.63. The van der Waals surface area contributed by atoms with Crippen molar-refractivity contribution in [2.24, 2.45) is 0 Å².